The number of esters is 1. The number of nitrogens with zero attached hydrogens (tertiary/aromatic N) is 2. The molecule has 0 radical (unpaired) electrons. The zero-order valence-electron chi connectivity index (χ0n) is 12.4. The Hall–Kier alpha value is -1.96. The molecule has 0 spiro atoms. The van der Waals surface area contributed by atoms with Crippen LogP contribution < -0.4 is 5.32 Å². The first kappa shape index (κ1) is 19.0. The molecule has 1 aromatic heterocycles. The number of hydrogen-bond donors (Lipinski definition) is 1. The molecule has 1 heterocycles. The second kappa shape index (κ2) is 10.8. The van der Waals surface area contributed by atoms with Gasteiger partial charge >= 0.3 is 115 Å². The quantitative estimate of drug-likeness (QED) is 0.286. The molecule has 0 aliphatic heterocycles. The molecular weight excluding hydrogens is 289 g/mol. The van der Waals surface area contributed by atoms with Gasteiger partial charge in [-0.2, -0.15) is 0 Å². The summed E-state index contributed by atoms with van der Waals surface area (Å²) in [4.78, 5) is 25.8. The van der Waals surface area contributed by atoms with Crippen LogP contribution in [0, 0.1) is 11.8 Å². The fraction of sp³-hybridized carbons (Fsp3) is 0.308. The van der Waals surface area contributed by atoms with E-state index in [1.165, 1.54) is 7.11 Å². The molecule has 112 valence electrons. The third-order valence-corrected chi connectivity index (χ3v) is 3.04. The predicted octanol–water partition coefficient (Wildman–Crippen LogP) is 2.40. The molecule has 0 aliphatic carbocycles. The van der Waals surface area contributed by atoms with Crippen molar-refractivity contribution in [3.05, 3.63) is 41.1 Å². The molecule has 0 unspecified atom stereocenters. The second-order valence-electron chi connectivity index (χ2n) is 3.62. The number of anilines is 1. The predicted molar refractivity (Wildman–Crippen MR) is 90.0 cm³/mol. The standard InChI is InChI=1S/C11H14BN3O3S.C2H4/c1-7-8(4-5-12-19-15-17)10(11(16)18-3)14-6-9(7)13-2;1-2/h5-6,13H,4H2,1-3H3;1-2H2. The number of hydrogen-bond acceptors (Lipinski definition) is 7. The molecule has 0 saturated heterocycles. The van der Waals surface area contributed by atoms with Crippen molar-refractivity contribution in [1.29, 1.82) is 0 Å². The molecule has 0 fully saturated rings. The minimum atomic E-state index is -0.477. The molecule has 21 heavy (non-hydrogen) atoms. The summed E-state index contributed by atoms with van der Waals surface area (Å²) in [5.41, 5.74) is 2.82. The van der Waals surface area contributed by atoms with E-state index in [1.807, 2.05) is 6.92 Å². The van der Waals surface area contributed by atoms with Crippen molar-refractivity contribution in [2.75, 3.05) is 19.5 Å². The summed E-state index contributed by atoms with van der Waals surface area (Å²) >= 11 is 0.800. The van der Waals surface area contributed by atoms with Crippen LogP contribution in [-0.2, 0) is 11.2 Å². The van der Waals surface area contributed by atoms with E-state index in [-0.39, 0.29) is 5.69 Å². The van der Waals surface area contributed by atoms with Crippen LogP contribution in [0.2, 0.25) is 0 Å². The number of aromatic nitrogens is 1. The molecule has 1 aromatic rings. The average Bonchev–Trinajstić information content (AvgIpc) is 2.53. The van der Waals surface area contributed by atoms with Crippen molar-refractivity contribution in [1.82, 2.24) is 4.98 Å². The topological polar surface area (TPSA) is 80.7 Å². The molecule has 0 aromatic carbocycles. The van der Waals surface area contributed by atoms with Crippen LogP contribution in [0.25, 0.3) is 0 Å². The Morgan fingerprint density at radius 3 is 2.81 bits per heavy atom. The summed E-state index contributed by atoms with van der Waals surface area (Å²) in [7, 11) is 3.10. The number of methoxy groups -OCH3 is 1. The Morgan fingerprint density at radius 2 is 2.29 bits per heavy atom. The Labute approximate surface area is 129 Å². The molecular formula is C13H18BN3O3S. The van der Waals surface area contributed by atoms with Gasteiger partial charge in [0.25, 0.3) is 0 Å². The number of ether oxygens (including phenoxy) is 1. The Morgan fingerprint density at radius 1 is 1.62 bits per heavy atom. The Bertz CT molecular complexity index is 524. The molecule has 0 atom stereocenters. The molecule has 1 N–H and O–H groups in total. The summed E-state index contributed by atoms with van der Waals surface area (Å²) in [5, 5.41) is 3.01. The van der Waals surface area contributed by atoms with Gasteiger partial charge in [-0.3, -0.25) is 0 Å². The van der Waals surface area contributed by atoms with E-state index in [0.29, 0.717) is 6.42 Å². The summed E-state index contributed by atoms with van der Waals surface area (Å²) in [6.45, 7) is 7.90. The third kappa shape index (κ3) is 5.51. The van der Waals surface area contributed by atoms with Crippen molar-refractivity contribution >= 4 is 35.6 Å². The first-order valence-electron chi connectivity index (χ1n) is 6.03. The number of rotatable bonds is 6. The molecule has 8 heteroatoms. The third-order valence-electron chi connectivity index (χ3n) is 2.64. The van der Waals surface area contributed by atoms with Gasteiger partial charge < -0.3 is 0 Å². The Kier molecular flexibility index (Phi) is 9.78. The molecule has 0 aliphatic rings. The Balaban J connectivity index is 0.00000191. The van der Waals surface area contributed by atoms with E-state index in [9.17, 15) is 9.70 Å². The van der Waals surface area contributed by atoms with Gasteiger partial charge in [0.2, 0.25) is 0 Å². The van der Waals surface area contributed by atoms with Crippen molar-refractivity contribution in [3.63, 3.8) is 0 Å². The summed E-state index contributed by atoms with van der Waals surface area (Å²) < 4.78 is 7.37. The normalized spacial score (nSPS) is 9.29. The van der Waals surface area contributed by atoms with Crippen LogP contribution in [0.5, 0.6) is 0 Å². The van der Waals surface area contributed by atoms with Crippen molar-refractivity contribution in [2.24, 2.45) is 4.58 Å². The van der Waals surface area contributed by atoms with Crippen LogP contribution in [0.4, 0.5) is 5.69 Å². The monoisotopic (exact) mass is 307 g/mol. The van der Waals surface area contributed by atoms with E-state index >= 15 is 0 Å². The van der Waals surface area contributed by atoms with Gasteiger partial charge in [0.05, 0.1) is 0 Å². The van der Waals surface area contributed by atoms with E-state index < -0.39 is 5.97 Å². The van der Waals surface area contributed by atoms with Crippen LogP contribution >= 0.6 is 11.8 Å². The number of pyridine rings is 1. The zero-order valence-corrected chi connectivity index (χ0v) is 13.2. The maximum absolute atomic E-state index is 11.7. The van der Waals surface area contributed by atoms with Gasteiger partial charge in [-0.1, -0.05) is 0 Å². The van der Waals surface area contributed by atoms with Gasteiger partial charge in [0, 0.05) is 0 Å². The van der Waals surface area contributed by atoms with Gasteiger partial charge in [0.15, 0.2) is 0 Å². The van der Waals surface area contributed by atoms with Crippen LogP contribution in [-0.4, -0.2) is 37.3 Å². The summed E-state index contributed by atoms with van der Waals surface area (Å²) in [6.07, 6.45) is 3.64. The van der Waals surface area contributed by atoms with Gasteiger partial charge in [0.1, 0.15) is 0 Å². The van der Waals surface area contributed by atoms with Crippen molar-refractivity contribution in [3.8, 4) is 0 Å². The molecule has 1 rings (SSSR count). The van der Waals surface area contributed by atoms with Gasteiger partial charge in [-0.05, 0) is 0 Å². The number of nitroso groups, excluding NO2 is 1. The van der Waals surface area contributed by atoms with Crippen molar-refractivity contribution in [2.45, 2.75) is 13.3 Å². The first-order chi connectivity index (χ1) is 10.2. The van der Waals surface area contributed by atoms with Crippen LogP contribution in [0.3, 0.4) is 0 Å². The van der Waals surface area contributed by atoms with Gasteiger partial charge in [-0.25, -0.2) is 0 Å². The van der Waals surface area contributed by atoms with Crippen LogP contribution in [0.15, 0.2) is 23.9 Å². The van der Waals surface area contributed by atoms with E-state index in [1.54, 1.807) is 25.4 Å². The number of nitrogens with one attached hydrogen (secondary N) is 1. The maximum atomic E-state index is 11.7. The van der Waals surface area contributed by atoms with E-state index in [2.05, 4.69) is 28.0 Å². The van der Waals surface area contributed by atoms with Crippen LogP contribution in [0.1, 0.15) is 21.6 Å². The minimum absolute atomic E-state index is 0.285. The van der Waals surface area contributed by atoms with Gasteiger partial charge in [-0.15, -0.1) is 13.2 Å². The summed E-state index contributed by atoms with van der Waals surface area (Å²) in [5.74, 6) is 1.28. The van der Waals surface area contributed by atoms with E-state index in [0.717, 1.165) is 28.6 Å². The number of carbonyl (C=O) groups excluding carboxylic acids is 1. The molecule has 0 saturated carbocycles. The molecule has 0 amide bonds. The number of carbonyl (C=O) groups is 1. The first-order valence-corrected chi connectivity index (χ1v) is 6.87. The fourth-order valence-corrected chi connectivity index (χ4v) is 1.88. The second-order valence-corrected chi connectivity index (χ2v) is 4.25. The SMILES string of the molecule is C=C.CNc1cnc(C(=O)OC)c(CC=BSN=O)c1C. The summed E-state index contributed by atoms with van der Waals surface area (Å²) in [6, 6.07) is 0. The average molecular weight is 307 g/mol. The zero-order chi connectivity index (χ0) is 16.3. The fourth-order valence-electron chi connectivity index (χ4n) is 1.65. The molecule has 0 bridgehead atoms. The molecule has 6 nitrogen and oxygen atoms in total. The van der Waals surface area contributed by atoms with Crippen molar-refractivity contribution < 1.29 is 9.53 Å². The van der Waals surface area contributed by atoms with E-state index in [4.69, 9.17) is 4.74 Å².